The maximum atomic E-state index is 13.7. The van der Waals surface area contributed by atoms with Gasteiger partial charge in [-0.3, -0.25) is 14.5 Å². The SMILES string of the molecule is CC[C@@H](C)[C@H](NC(=O)C1(c2ccccc2)CCN(C(=O)[C@H]2CCCN2C(=O)OC(C)(C)C)CC1)C(=O)O. The van der Waals surface area contributed by atoms with E-state index in [2.05, 4.69) is 5.32 Å². The molecule has 2 heterocycles. The van der Waals surface area contributed by atoms with Gasteiger partial charge in [0.15, 0.2) is 0 Å². The van der Waals surface area contributed by atoms with Crippen LogP contribution in [0.4, 0.5) is 4.79 Å². The minimum absolute atomic E-state index is 0.131. The highest BCUT2D eigenvalue weighted by Gasteiger charge is 2.47. The van der Waals surface area contributed by atoms with Crippen molar-refractivity contribution in [2.24, 2.45) is 5.92 Å². The lowest BCUT2D eigenvalue weighted by Crippen LogP contribution is -2.58. The van der Waals surface area contributed by atoms with Crippen molar-refractivity contribution in [3.05, 3.63) is 35.9 Å². The van der Waals surface area contributed by atoms with Crippen LogP contribution >= 0.6 is 0 Å². The van der Waals surface area contributed by atoms with Gasteiger partial charge in [-0.25, -0.2) is 9.59 Å². The summed E-state index contributed by atoms with van der Waals surface area (Å²) in [6.45, 7) is 10.2. The normalized spacial score (nSPS) is 21.2. The maximum Gasteiger partial charge on any atom is 0.410 e. The van der Waals surface area contributed by atoms with Crippen LogP contribution in [0.3, 0.4) is 0 Å². The summed E-state index contributed by atoms with van der Waals surface area (Å²) in [5, 5.41) is 12.6. The van der Waals surface area contributed by atoms with Crippen LogP contribution in [0.1, 0.15) is 72.3 Å². The smallest absolute Gasteiger partial charge is 0.410 e. The highest BCUT2D eigenvalue weighted by Crippen LogP contribution is 2.37. The molecule has 0 aromatic heterocycles. The van der Waals surface area contributed by atoms with E-state index < -0.39 is 35.2 Å². The third kappa shape index (κ3) is 6.43. The van der Waals surface area contributed by atoms with Crippen LogP contribution in [0.25, 0.3) is 0 Å². The Hall–Kier alpha value is -3.10. The van der Waals surface area contributed by atoms with Gasteiger partial charge in [0.05, 0.1) is 5.41 Å². The van der Waals surface area contributed by atoms with Gasteiger partial charge >= 0.3 is 12.1 Å². The molecule has 3 rings (SSSR count). The van der Waals surface area contributed by atoms with Crippen molar-refractivity contribution in [1.82, 2.24) is 15.1 Å². The highest BCUT2D eigenvalue weighted by atomic mass is 16.6. The zero-order valence-corrected chi connectivity index (χ0v) is 22.7. The third-order valence-electron chi connectivity index (χ3n) is 7.62. The van der Waals surface area contributed by atoms with E-state index in [1.807, 2.05) is 44.2 Å². The van der Waals surface area contributed by atoms with Crippen LogP contribution in [0.5, 0.6) is 0 Å². The Kier molecular flexibility index (Phi) is 8.87. The number of piperidine rings is 1. The second-order valence-corrected chi connectivity index (χ2v) is 11.3. The average Bonchev–Trinajstić information content (AvgIpc) is 3.36. The summed E-state index contributed by atoms with van der Waals surface area (Å²) < 4.78 is 5.51. The number of likely N-dealkylation sites (tertiary alicyclic amines) is 2. The van der Waals surface area contributed by atoms with E-state index in [4.69, 9.17) is 4.74 Å². The number of ether oxygens (including phenoxy) is 1. The molecule has 2 aliphatic heterocycles. The van der Waals surface area contributed by atoms with Gasteiger partial charge in [0.2, 0.25) is 11.8 Å². The molecule has 2 aliphatic rings. The minimum atomic E-state index is -1.05. The summed E-state index contributed by atoms with van der Waals surface area (Å²) in [5.74, 6) is -1.73. The fourth-order valence-corrected chi connectivity index (χ4v) is 5.25. The first-order valence-electron chi connectivity index (χ1n) is 13.3. The van der Waals surface area contributed by atoms with Gasteiger partial charge in [-0.05, 0) is 57.9 Å². The number of carbonyl (C=O) groups excluding carboxylic acids is 3. The Bertz CT molecular complexity index is 981. The number of rotatable bonds is 7. The van der Waals surface area contributed by atoms with Gasteiger partial charge in [0.25, 0.3) is 0 Å². The van der Waals surface area contributed by atoms with Crippen LogP contribution < -0.4 is 5.32 Å². The van der Waals surface area contributed by atoms with Crippen molar-refractivity contribution in [2.45, 2.75) is 89.8 Å². The number of hydrogen-bond acceptors (Lipinski definition) is 5. The molecule has 1 aromatic rings. The molecule has 0 bridgehead atoms. The standard InChI is InChI=1S/C28H41N3O6/c1-6-19(2)22(24(33)34)29-25(35)28(20-11-8-7-9-12-20)14-17-30(18-15-28)23(32)21-13-10-16-31(21)26(36)37-27(3,4)5/h7-9,11-12,19,21-22H,6,10,13-18H2,1-5H3,(H,29,35)(H,33,34)/t19-,21-,22+/m1/s1. The van der Waals surface area contributed by atoms with Gasteiger partial charge in [0.1, 0.15) is 17.7 Å². The Balaban J connectivity index is 1.78. The molecular formula is C28H41N3O6. The fraction of sp³-hybridized carbons (Fsp3) is 0.643. The van der Waals surface area contributed by atoms with Gasteiger partial charge in [-0.1, -0.05) is 50.6 Å². The molecular weight excluding hydrogens is 474 g/mol. The minimum Gasteiger partial charge on any atom is -0.480 e. The number of amides is 3. The largest absolute Gasteiger partial charge is 0.480 e. The van der Waals surface area contributed by atoms with Crippen LogP contribution in [0, 0.1) is 5.92 Å². The van der Waals surface area contributed by atoms with Gasteiger partial charge < -0.3 is 20.1 Å². The van der Waals surface area contributed by atoms with Crippen LogP contribution in [-0.4, -0.2) is 76.1 Å². The van der Waals surface area contributed by atoms with Crippen molar-refractivity contribution < 1.29 is 29.0 Å². The lowest BCUT2D eigenvalue weighted by atomic mass is 9.71. The molecule has 9 nitrogen and oxygen atoms in total. The predicted octanol–water partition coefficient (Wildman–Crippen LogP) is 3.56. The van der Waals surface area contributed by atoms with E-state index >= 15 is 0 Å². The van der Waals surface area contributed by atoms with Gasteiger partial charge in [-0.2, -0.15) is 0 Å². The quantitative estimate of drug-likeness (QED) is 0.574. The van der Waals surface area contributed by atoms with Crippen molar-refractivity contribution in [1.29, 1.82) is 0 Å². The van der Waals surface area contributed by atoms with Gasteiger partial charge in [-0.15, -0.1) is 0 Å². The number of carboxylic acid groups (broad SMARTS) is 1. The Labute approximate surface area is 219 Å². The summed E-state index contributed by atoms with van der Waals surface area (Å²) in [4.78, 5) is 55.1. The van der Waals surface area contributed by atoms with Gasteiger partial charge in [0, 0.05) is 19.6 Å². The van der Waals surface area contributed by atoms with E-state index in [9.17, 15) is 24.3 Å². The molecule has 3 atom stereocenters. The monoisotopic (exact) mass is 515 g/mol. The third-order valence-corrected chi connectivity index (χ3v) is 7.62. The topological polar surface area (TPSA) is 116 Å². The summed E-state index contributed by atoms with van der Waals surface area (Å²) in [5.41, 5.74) is -0.784. The first-order chi connectivity index (χ1) is 17.4. The molecule has 2 saturated heterocycles. The average molecular weight is 516 g/mol. The summed E-state index contributed by atoms with van der Waals surface area (Å²) >= 11 is 0. The Morgan fingerprint density at radius 3 is 2.27 bits per heavy atom. The van der Waals surface area contributed by atoms with Crippen LogP contribution in [0.15, 0.2) is 30.3 Å². The zero-order valence-electron chi connectivity index (χ0n) is 22.7. The lowest BCUT2D eigenvalue weighted by Gasteiger charge is -2.43. The van der Waals surface area contributed by atoms with Crippen molar-refractivity contribution in [2.75, 3.05) is 19.6 Å². The first-order valence-corrected chi connectivity index (χ1v) is 13.3. The van der Waals surface area contributed by atoms with E-state index in [1.54, 1.807) is 25.7 Å². The van der Waals surface area contributed by atoms with E-state index in [-0.39, 0.29) is 17.7 Å². The number of carbonyl (C=O) groups is 4. The molecule has 0 aliphatic carbocycles. The predicted molar refractivity (Wildman–Crippen MR) is 139 cm³/mol. The van der Waals surface area contributed by atoms with E-state index in [1.165, 1.54) is 4.90 Å². The molecule has 2 N–H and O–H groups in total. The molecule has 3 amide bonds. The number of carboxylic acids is 1. The highest BCUT2D eigenvalue weighted by molar-refractivity contribution is 5.92. The van der Waals surface area contributed by atoms with E-state index in [0.717, 1.165) is 12.0 Å². The second-order valence-electron chi connectivity index (χ2n) is 11.3. The molecule has 0 saturated carbocycles. The van der Waals surface area contributed by atoms with Crippen LogP contribution in [-0.2, 0) is 24.5 Å². The molecule has 0 unspecified atom stereocenters. The Morgan fingerprint density at radius 2 is 1.73 bits per heavy atom. The number of hydrogen-bond donors (Lipinski definition) is 2. The number of nitrogens with zero attached hydrogens (tertiary/aromatic N) is 2. The molecule has 0 spiro atoms. The molecule has 9 heteroatoms. The molecule has 204 valence electrons. The van der Waals surface area contributed by atoms with Crippen molar-refractivity contribution >= 4 is 23.9 Å². The van der Waals surface area contributed by atoms with Crippen molar-refractivity contribution in [3.8, 4) is 0 Å². The van der Waals surface area contributed by atoms with Crippen LogP contribution in [0.2, 0.25) is 0 Å². The summed E-state index contributed by atoms with van der Waals surface area (Å²) in [7, 11) is 0. The molecule has 1 aromatic carbocycles. The van der Waals surface area contributed by atoms with Crippen molar-refractivity contribution in [3.63, 3.8) is 0 Å². The number of aliphatic carboxylic acids is 1. The second kappa shape index (κ2) is 11.5. The fourth-order valence-electron chi connectivity index (χ4n) is 5.25. The molecule has 0 radical (unpaired) electrons. The number of benzene rings is 1. The zero-order chi connectivity index (χ0) is 27.4. The Morgan fingerprint density at radius 1 is 1.11 bits per heavy atom. The van der Waals surface area contributed by atoms with E-state index in [0.29, 0.717) is 45.3 Å². The lowest BCUT2D eigenvalue weighted by molar-refractivity contribution is -0.145. The maximum absolute atomic E-state index is 13.7. The summed E-state index contributed by atoms with van der Waals surface area (Å²) in [6.07, 6.45) is 2.16. The first kappa shape index (κ1) is 28.5. The summed E-state index contributed by atoms with van der Waals surface area (Å²) in [6, 6.07) is 7.81. The molecule has 37 heavy (non-hydrogen) atoms. The molecule has 2 fully saturated rings. The number of nitrogens with one attached hydrogen (secondary N) is 1.